The molecule has 1 aromatic carbocycles. The van der Waals surface area contributed by atoms with E-state index in [1.54, 1.807) is 5.01 Å². The molecule has 0 bridgehead atoms. The number of urea groups is 2. The van der Waals surface area contributed by atoms with E-state index < -0.39 is 48.1 Å². The molecule has 4 atom stereocenters. The molecule has 6 amide bonds. The van der Waals surface area contributed by atoms with Crippen LogP contribution < -0.4 is 32.0 Å². The van der Waals surface area contributed by atoms with E-state index in [2.05, 4.69) is 41.8 Å². The summed E-state index contributed by atoms with van der Waals surface area (Å²) in [5.74, 6) is -1.10. The van der Waals surface area contributed by atoms with E-state index in [4.69, 9.17) is 14.2 Å². The Hall–Kier alpha value is -3.58. The van der Waals surface area contributed by atoms with Crippen molar-refractivity contribution in [3.63, 3.8) is 0 Å². The number of morpholine rings is 2. The highest BCUT2D eigenvalue weighted by Crippen LogP contribution is 2.17. The average Bonchev–Trinajstić information content (AvgIpc) is 3.20. The van der Waals surface area contributed by atoms with E-state index in [0.29, 0.717) is 78.8 Å². The number of nitrogens with one attached hydrogen (secondary N) is 6. The molecule has 1 aromatic rings. The second-order valence-electron chi connectivity index (χ2n) is 16.0. The first kappa shape index (κ1) is 46.1. The fourth-order valence-electron chi connectivity index (χ4n) is 7.17. The van der Waals surface area contributed by atoms with Crippen molar-refractivity contribution in [1.29, 1.82) is 0 Å². The Morgan fingerprint density at radius 1 is 0.719 bits per heavy atom. The van der Waals surface area contributed by atoms with E-state index in [-0.39, 0.29) is 24.3 Å². The normalized spacial score (nSPS) is 19.4. The maximum atomic E-state index is 13.9. The Morgan fingerprint density at radius 2 is 1.21 bits per heavy atom. The van der Waals surface area contributed by atoms with Gasteiger partial charge in [-0.3, -0.25) is 24.8 Å². The molecule has 3 aliphatic rings. The molecular formula is C40H69N9O8. The zero-order chi connectivity index (χ0) is 41.0. The zero-order valence-corrected chi connectivity index (χ0v) is 34.5. The van der Waals surface area contributed by atoms with Gasteiger partial charge in [0.15, 0.2) is 0 Å². The van der Waals surface area contributed by atoms with Gasteiger partial charge in [0, 0.05) is 78.7 Å². The molecule has 2 unspecified atom stereocenters. The van der Waals surface area contributed by atoms with Gasteiger partial charge >= 0.3 is 12.1 Å². The largest absolute Gasteiger partial charge is 0.390 e. The summed E-state index contributed by atoms with van der Waals surface area (Å²) in [6, 6.07) is 6.20. The number of amides is 6. The Bertz CT molecular complexity index is 1340. The van der Waals surface area contributed by atoms with Crippen molar-refractivity contribution >= 4 is 23.9 Å². The number of benzene rings is 1. The predicted molar refractivity (Wildman–Crippen MR) is 216 cm³/mol. The lowest BCUT2D eigenvalue weighted by Gasteiger charge is -2.35. The lowest BCUT2D eigenvalue weighted by atomic mass is 9.97. The van der Waals surface area contributed by atoms with Gasteiger partial charge in [-0.1, -0.05) is 58.0 Å². The summed E-state index contributed by atoms with van der Waals surface area (Å²) in [7, 11) is 0. The van der Waals surface area contributed by atoms with Crippen molar-refractivity contribution in [2.45, 2.75) is 71.2 Å². The number of aliphatic hydroxyl groups excluding tert-OH is 1. The Balaban J connectivity index is 1.41. The maximum Gasteiger partial charge on any atom is 0.315 e. The van der Waals surface area contributed by atoms with E-state index in [9.17, 15) is 24.3 Å². The van der Waals surface area contributed by atoms with Gasteiger partial charge in [0.25, 0.3) is 5.91 Å². The molecule has 0 radical (unpaired) electrons. The van der Waals surface area contributed by atoms with Gasteiger partial charge in [-0.25, -0.2) is 14.6 Å². The summed E-state index contributed by atoms with van der Waals surface area (Å²) in [6.07, 6.45) is 0.767. The van der Waals surface area contributed by atoms with Gasteiger partial charge in [0.2, 0.25) is 5.91 Å². The highest BCUT2D eigenvalue weighted by atomic mass is 16.5. The summed E-state index contributed by atoms with van der Waals surface area (Å²) < 4.78 is 16.4. The van der Waals surface area contributed by atoms with Crippen molar-refractivity contribution < 1.29 is 38.5 Å². The van der Waals surface area contributed by atoms with Crippen LogP contribution in [0.1, 0.15) is 46.1 Å². The molecule has 0 aliphatic carbocycles. The minimum atomic E-state index is -1.13. The van der Waals surface area contributed by atoms with Gasteiger partial charge in [-0.2, -0.15) is 0 Å². The van der Waals surface area contributed by atoms with Crippen molar-refractivity contribution in [2.24, 2.45) is 17.8 Å². The van der Waals surface area contributed by atoms with Crippen LogP contribution in [-0.4, -0.2) is 173 Å². The highest BCUT2D eigenvalue weighted by molar-refractivity contribution is 5.88. The van der Waals surface area contributed by atoms with Crippen LogP contribution in [0.4, 0.5) is 9.59 Å². The standard InChI is InChI=1S/C40H69N9O8/c1-29(2)35(44-39(53)41-12-14-47-16-22-56-23-17-47)37(51)43-33(26-31-8-6-5-7-9-31)34(50)28-49(27-32-10-20-55-21-11-32)46-38(52)36(30(3)4)45-40(54)42-13-15-48-18-24-57-25-19-48/h5-9,29-30,32-36,50H,10-28H2,1-4H3,(H,43,51)(H,46,52)(H2,41,44,53)(H2,42,45,54)/t33?,34?,35-,36-/m0/s1. The van der Waals surface area contributed by atoms with Gasteiger partial charge in [-0.15, -0.1) is 0 Å². The molecule has 3 aliphatic heterocycles. The monoisotopic (exact) mass is 804 g/mol. The summed E-state index contributed by atoms with van der Waals surface area (Å²) in [5, 5.41) is 28.1. The second-order valence-corrected chi connectivity index (χ2v) is 16.0. The SMILES string of the molecule is CC(C)[C@H](NC(=O)NCCN1CCOCC1)C(=O)NC(Cc1ccccc1)C(O)CN(CC1CCOCC1)NC(=O)[C@@H](NC(=O)NCCN1CCOCC1)C(C)C. The molecule has 0 aromatic heterocycles. The molecule has 17 nitrogen and oxygen atoms in total. The predicted octanol–water partition coefficient (Wildman–Crippen LogP) is 0.147. The molecule has 0 saturated carbocycles. The molecule has 7 N–H and O–H groups in total. The van der Waals surface area contributed by atoms with E-state index in [1.807, 2.05) is 58.0 Å². The Morgan fingerprint density at radius 3 is 1.72 bits per heavy atom. The number of ether oxygens (including phenoxy) is 3. The van der Waals surface area contributed by atoms with Gasteiger partial charge in [0.1, 0.15) is 12.1 Å². The lowest BCUT2D eigenvalue weighted by Crippen LogP contribution is -2.60. The van der Waals surface area contributed by atoms with E-state index in [1.165, 1.54) is 0 Å². The number of hydrogen-bond acceptors (Lipinski definition) is 11. The lowest BCUT2D eigenvalue weighted by molar-refractivity contribution is -0.131. The summed E-state index contributed by atoms with van der Waals surface area (Å²) in [6.45, 7) is 17.2. The van der Waals surface area contributed by atoms with Crippen LogP contribution in [0.25, 0.3) is 0 Å². The van der Waals surface area contributed by atoms with Crippen molar-refractivity contribution in [1.82, 2.24) is 46.8 Å². The summed E-state index contributed by atoms with van der Waals surface area (Å²) >= 11 is 0. The third kappa shape index (κ3) is 17.0. The summed E-state index contributed by atoms with van der Waals surface area (Å²) in [5.41, 5.74) is 3.92. The van der Waals surface area contributed by atoms with Crippen LogP contribution in [0, 0.1) is 17.8 Å². The van der Waals surface area contributed by atoms with Crippen LogP contribution >= 0.6 is 0 Å². The van der Waals surface area contributed by atoms with Gasteiger partial charge in [0.05, 0.1) is 38.6 Å². The van der Waals surface area contributed by atoms with Gasteiger partial charge in [-0.05, 0) is 42.6 Å². The molecule has 3 heterocycles. The van der Waals surface area contributed by atoms with Crippen LogP contribution in [0.2, 0.25) is 0 Å². The Labute approximate surface area is 338 Å². The quantitative estimate of drug-likeness (QED) is 0.0836. The number of hydrogen-bond donors (Lipinski definition) is 7. The van der Waals surface area contributed by atoms with E-state index >= 15 is 0 Å². The Kier molecular flexibility index (Phi) is 20.2. The molecule has 0 spiro atoms. The first-order valence-electron chi connectivity index (χ1n) is 20.8. The van der Waals surface area contributed by atoms with Crippen LogP contribution in [-0.2, 0) is 30.2 Å². The number of aliphatic hydroxyl groups is 1. The number of hydrazine groups is 1. The van der Waals surface area contributed by atoms with Crippen LogP contribution in [0.15, 0.2) is 30.3 Å². The third-order valence-corrected chi connectivity index (χ3v) is 10.7. The molecule has 4 rings (SSSR count). The topological polar surface area (TPSA) is 198 Å². The molecule has 3 saturated heterocycles. The zero-order valence-electron chi connectivity index (χ0n) is 34.5. The third-order valence-electron chi connectivity index (χ3n) is 10.7. The molecule has 17 heteroatoms. The smallest absolute Gasteiger partial charge is 0.315 e. The van der Waals surface area contributed by atoms with Crippen molar-refractivity contribution in [3.8, 4) is 0 Å². The maximum absolute atomic E-state index is 13.9. The van der Waals surface area contributed by atoms with Crippen molar-refractivity contribution in [3.05, 3.63) is 35.9 Å². The van der Waals surface area contributed by atoms with E-state index in [0.717, 1.165) is 44.6 Å². The number of rotatable bonds is 21. The van der Waals surface area contributed by atoms with Crippen LogP contribution in [0.5, 0.6) is 0 Å². The first-order valence-corrected chi connectivity index (χ1v) is 20.8. The summed E-state index contributed by atoms with van der Waals surface area (Å²) in [4.78, 5) is 58.1. The number of carbonyl (C=O) groups is 4. The molecule has 3 fully saturated rings. The number of carbonyl (C=O) groups excluding carboxylic acids is 4. The second kappa shape index (κ2) is 25.0. The average molecular weight is 804 g/mol. The van der Waals surface area contributed by atoms with Crippen molar-refractivity contribution in [2.75, 3.05) is 105 Å². The molecule has 322 valence electrons. The van der Waals surface area contributed by atoms with Gasteiger partial charge < -0.3 is 45.9 Å². The first-order chi connectivity index (χ1) is 27.5. The fourth-order valence-corrected chi connectivity index (χ4v) is 7.17. The highest BCUT2D eigenvalue weighted by Gasteiger charge is 2.33. The number of nitrogens with zero attached hydrogens (tertiary/aromatic N) is 3. The molecule has 57 heavy (non-hydrogen) atoms. The van der Waals surface area contributed by atoms with Crippen LogP contribution in [0.3, 0.4) is 0 Å². The minimum Gasteiger partial charge on any atom is -0.390 e. The molecular weight excluding hydrogens is 734 g/mol. The fraction of sp³-hybridized carbons (Fsp3) is 0.750. The minimum absolute atomic E-state index is 0.000756.